The minimum absolute atomic E-state index is 0.201. The third-order valence-electron chi connectivity index (χ3n) is 3.04. The zero-order valence-corrected chi connectivity index (χ0v) is 12.3. The van der Waals surface area contributed by atoms with Crippen LogP contribution in [-0.2, 0) is 0 Å². The largest absolute Gasteiger partial charge is 0.307 e. The highest BCUT2D eigenvalue weighted by atomic mass is 79.9. The smallest absolute Gasteiger partial charge is 0.124 e. The molecule has 1 N–H and O–H groups in total. The molecule has 0 fully saturated rings. The normalized spacial score (nSPS) is 14.6. The van der Waals surface area contributed by atoms with Gasteiger partial charge in [0.15, 0.2) is 0 Å². The SMILES string of the molecule is CCCC(CC)NC(C)c1ccc(F)cc1Br. The summed E-state index contributed by atoms with van der Waals surface area (Å²) in [5.74, 6) is -0.201. The lowest BCUT2D eigenvalue weighted by Crippen LogP contribution is -2.31. The molecule has 17 heavy (non-hydrogen) atoms. The van der Waals surface area contributed by atoms with Crippen molar-refractivity contribution < 1.29 is 4.39 Å². The van der Waals surface area contributed by atoms with E-state index in [0.29, 0.717) is 6.04 Å². The average Bonchev–Trinajstić information content (AvgIpc) is 2.28. The molecular weight excluding hydrogens is 281 g/mol. The number of hydrogen-bond donors (Lipinski definition) is 1. The molecule has 1 aromatic rings. The highest BCUT2D eigenvalue weighted by Crippen LogP contribution is 2.25. The van der Waals surface area contributed by atoms with Crippen molar-refractivity contribution in [2.45, 2.75) is 52.1 Å². The van der Waals surface area contributed by atoms with Crippen LogP contribution in [-0.4, -0.2) is 6.04 Å². The molecule has 0 aliphatic heterocycles. The molecule has 0 heterocycles. The van der Waals surface area contributed by atoms with E-state index in [1.807, 2.05) is 6.07 Å². The Bertz CT molecular complexity index is 354. The fourth-order valence-corrected chi connectivity index (χ4v) is 2.74. The lowest BCUT2D eigenvalue weighted by Gasteiger charge is -2.23. The van der Waals surface area contributed by atoms with Gasteiger partial charge in [-0.15, -0.1) is 0 Å². The summed E-state index contributed by atoms with van der Waals surface area (Å²) >= 11 is 3.42. The summed E-state index contributed by atoms with van der Waals surface area (Å²) in [7, 11) is 0. The van der Waals surface area contributed by atoms with Crippen LogP contribution in [0.5, 0.6) is 0 Å². The van der Waals surface area contributed by atoms with Gasteiger partial charge in [-0.2, -0.15) is 0 Å². The molecule has 3 heteroatoms. The van der Waals surface area contributed by atoms with Crippen LogP contribution in [0.4, 0.5) is 4.39 Å². The van der Waals surface area contributed by atoms with Gasteiger partial charge < -0.3 is 5.32 Å². The second-order valence-corrected chi connectivity index (χ2v) is 5.30. The van der Waals surface area contributed by atoms with Crippen LogP contribution < -0.4 is 5.32 Å². The highest BCUT2D eigenvalue weighted by molar-refractivity contribution is 9.10. The van der Waals surface area contributed by atoms with Gasteiger partial charge in [-0.1, -0.05) is 42.3 Å². The molecule has 0 radical (unpaired) electrons. The summed E-state index contributed by atoms with van der Waals surface area (Å²) in [6.45, 7) is 6.51. The monoisotopic (exact) mass is 301 g/mol. The fourth-order valence-electron chi connectivity index (χ4n) is 2.05. The number of nitrogens with one attached hydrogen (secondary N) is 1. The van der Waals surface area contributed by atoms with Crippen molar-refractivity contribution in [2.24, 2.45) is 0 Å². The minimum Gasteiger partial charge on any atom is -0.307 e. The Morgan fingerprint density at radius 1 is 1.35 bits per heavy atom. The van der Waals surface area contributed by atoms with E-state index in [1.54, 1.807) is 0 Å². The molecule has 0 aliphatic carbocycles. The van der Waals surface area contributed by atoms with Gasteiger partial charge in [-0.25, -0.2) is 4.39 Å². The minimum atomic E-state index is -0.201. The summed E-state index contributed by atoms with van der Waals surface area (Å²) in [5, 5.41) is 3.59. The molecule has 2 atom stereocenters. The number of halogens is 2. The van der Waals surface area contributed by atoms with Crippen LogP contribution in [0.15, 0.2) is 22.7 Å². The Morgan fingerprint density at radius 3 is 2.59 bits per heavy atom. The van der Waals surface area contributed by atoms with E-state index in [-0.39, 0.29) is 11.9 Å². The van der Waals surface area contributed by atoms with Crippen molar-refractivity contribution in [2.75, 3.05) is 0 Å². The number of rotatable bonds is 6. The van der Waals surface area contributed by atoms with Crippen LogP contribution in [0.3, 0.4) is 0 Å². The summed E-state index contributed by atoms with van der Waals surface area (Å²) in [4.78, 5) is 0. The maximum absolute atomic E-state index is 13.0. The zero-order chi connectivity index (χ0) is 12.8. The first-order valence-electron chi connectivity index (χ1n) is 6.29. The van der Waals surface area contributed by atoms with Crippen LogP contribution in [0, 0.1) is 5.82 Å². The van der Waals surface area contributed by atoms with Crippen LogP contribution >= 0.6 is 15.9 Å². The molecule has 0 amide bonds. The van der Waals surface area contributed by atoms with E-state index in [9.17, 15) is 4.39 Å². The Kier molecular flexibility index (Phi) is 6.14. The molecule has 1 rings (SSSR count). The first-order valence-corrected chi connectivity index (χ1v) is 7.08. The first kappa shape index (κ1) is 14.7. The fraction of sp³-hybridized carbons (Fsp3) is 0.571. The molecule has 0 aromatic heterocycles. The van der Waals surface area contributed by atoms with Crippen LogP contribution in [0.25, 0.3) is 0 Å². The molecule has 0 aliphatic rings. The summed E-state index contributed by atoms with van der Waals surface area (Å²) in [6, 6.07) is 5.65. The first-order chi connectivity index (χ1) is 8.08. The Morgan fingerprint density at radius 2 is 2.06 bits per heavy atom. The van der Waals surface area contributed by atoms with E-state index in [2.05, 4.69) is 42.0 Å². The maximum Gasteiger partial charge on any atom is 0.124 e. The van der Waals surface area contributed by atoms with E-state index in [0.717, 1.165) is 16.5 Å². The predicted molar refractivity (Wildman–Crippen MR) is 74.6 cm³/mol. The van der Waals surface area contributed by atoms with Crippen molar-refractivity contribution in [3.8, 4) is 0 Å². The van der Waals surface area contributed by atoms with Gasteiger partial charge in [0.1, 0.15) is 5.82 Å². The summed E-state index contributed by atoms with van der Waals surface area (Å²) in [6.07, 6.45) is 3.49. The summed E-state index contributed by atoms with van der Waals surface area (Å²) in [5.41, 5.74) is 1.11. The van der Waals surface area contributed by atoms with E-state index in [4.69, 9.17) is 0 Å². The van der Waals surface area contributed by atoms with Crippen LogP contribution in [0.1, 0.15) is 51.6 Å². The molecular formula is C14H21BrFN. The Balaban J connectivity index is 2.71. The molecule has 2 unspecified atom stereocenters. The lowest BCUT2D eigenvalue weighted by molar-refractivity contribution is 0.416. The Hall–Kier alpha value is -0.410. The van der Waals surface area contributed by atoms with Gasteiger partial charge in [0.05, 0.1) is 0 Å². The third-order valence-corrected chi connectivity index (χ3v) is 3.73. The molecule has 1 nitrogen and oxygen atoms in total. The number of benzene rings is 1. The second-order valence-electron chi connectivity index (χ2n) is 4.45. The van der Waals surface area contributed by atoms with Crippen molar-refractivity contribution in [1.29, 1.82) is 0 Å². The van der Waals surface area contributed by atoms with Crippen molar-refractivity contribution in [3.63, 3.8) is 0 Å². The molecule has 96 valence electrons. The average molecular weight is 302 g/mol. The third kappa shape index (κ3) is 4.40. The van der Waals surface area contributed by atoms with Gasteiger partial charge in [0.25, 0.3) is 0 Å². The van der Waals surface area contributed by atoms with Gasteiger partial charge in [-0.05, 0) is 37.5 Å². The molecule has 0 saturated heterocycles. The van der Waals surface area contributed by atoms with E-state index in [1.165, 1.54) is 25.0 Å². The van der Waals surface area contributed by atoms with Crippen molar-refractivity contribution in [3.05, 3.63) is 34.1 Å². The highest BCUT2D eigenvalue weighted by Gasteiger charge is 2.13. The van der Waals surface area contributed by atoms with Gasteiger partial charge in [-0.3, -0.25) is 0 Å². The molecule has 0 spiro atoms. The molecule has 1 aromatic carbocycles. The topological polar surface area (TPSA) is 12.0 Å². The Labute approximate surface area is 112 Å². The maximum atomic E-state index is 13.0. The number of hydrogen-bond acceptors (Lipinski definition) is 1. The zero-order valence-electron chi connectivity index (χ0n) is 10.8. The van der Waals surface area contributed by atoms with Crippen molar-refractivity contribution in [1.82, 2.24) is 5.32 Å². The quantitative estimate of drug-likeness (QED) is 0.794. The standard InChI is InChI=1S/C14H21BrFN/c1-4-6-12(5-2)17-10(3)13-8-7-11(16)9-14(13)15/h7-10,12,17H,4-6H2,1-3H3. The van der Waals surface area contributed by atoms with E-state index < -0.39 is 0 Å². The van der Waals surface area contributed by atoms with Crippen LogP contribution in [0.2, 0.25) is 0 Å². The predicted octanol–water partition coefficient (Wildman–Crippen LogP) is 4.82. The summed E-state index contributed by atoms with van der Waals surface area (Å²) < 4.78 is 13.8. The van der Waals surface area contributed by atoms with E-state index >= 15 is 0 Å². The van der Waals surface area contributed by atoms with Crippen molar-refractivity contribution >= 4 is 15.9 Å². The molecule has 0 saturated carbocycles. The van der Waals surface area contributed by atoms with Gasteiger partial charge in [0, 0.05) is 16.6 Å². The molecule has 0 bridgehead atoms. The lowest BCUT2D eigenvalue weighted by atomic mass is 10.0. The second kappa shape index (κ2) is 7.12. The van der Waals surface area contributed by atoms with Gasteiger partial charge in [0.2, 0.25) is 0 Å². The van der Waals surface area contributed by atoms with Gasteiger partial charge >= 0.3 is 0 Å².